The second kappa shape index (κ2) is 7.05. The first-order valence-electron chi connectivity index (χ1n) is 6.75. The third-order valence-corrected chi connectivity index (χ3v) is 4.16. The van der Waals surface area contributed by atoms with E-state index in [4.69, 9.17) is 4.74 Å². The molecule has 0 aliphatic carbocycles. The molecule has 0 spiro atoms. The summed E-state index contributed by atoms with van der Waals surface area (Å²) in [5.41, 5.74) is 2.61. The van der Waals surface area contributed by atoms with Crippen molar-refractivity contribution in [3.05, 3.63) is 48.0 Å². The first-order chi connectivity index (χ1) is 10.2. The van der Waals surface area contributed by atoms with Crippen LogP contribution in [0, 0.1) is 11.3 Å². The molecular weight excluding hydrogens is 280 g/mol. The van der Waals surface area contributed by atoms with Crippen molar-refractivity contribution in [3.63, 3.8) is 0 Å². The number of thioether (sulfide) groups is 1. The molecule has 0 aliphatic rings. The van der Waals surface area contributed by atoms with Gasteiger partial charge in [0.2, 0.25) is 0 Å². The molecule has 0 fully saturated rings. The molecule has 0 aliphatic heterocycles. The lowest BCUT2D eigenvalue weighted by molar-refractivity contribution is 0.415. The summed E-state index contributed by atoms with van der Waals surface area (Å²) in [6.07, 6.45) is 0. The van der Waals surface area contributed by atoms with Gasteiger partial charge in [-0.15, -0.1) is 11.8 Å². The summed E-state index contributed by atoms with van der Waals surface area (Å²) in [5.74, 6) is 1.75. The van der Waals surface area contributed by atoms with E-state index in [1.54, 1.807) is 18.9 Å². The van der Waals surface area contributed by atoms with Gasteiger partial charge >= 0.3 is 0 Å². The first-order valence-corrected chi connectivity index (χ1v) is 7.73. The maximum Gasteiger partial charge on any atom is 0.120 e. The van der Waals surface area contributed by atoms with Gasteiger partial charge in [-0.25, -0.2) is 0 Å². The third-order valence-electron chi connectivity index (χ3n) is 3.22. The number of anilines is 2. The quantitative estimate of drug-likeness (QED) is 0.764. The molecule has 0 saturated heterocycles. The van der Waals surface area contributed by atoms with Crippen LogP contribution in [0.4, 0.5) is 11.4 Å². The number of ether oxygens (including phenoxy) is 1. The van der Waals surface area contributed by atoms with Gasteiger partial charge in [-0.3, -0.25) is 0 Å². The van der Waals surface area contributed by atoms with Gasteiger partial charge in [-0.05, 0) is 30.0 Å². The largest absolute Gasteiger partial charge is 0.497 e. The Morgan fingerprint density at radius 1 is 1.24 bits per heavy atom. The van der Waals surface area contributed by atoms with Gasteiger partial charge in [0, 0.05) is 23.7 Å². The number of hydrogen-bond donors (Lipinski definition) is 0. The zero-order valence-corrected chi connectivity index (χ0v) is 13.3. The molecule has 4 heteroatoms. The fourth-order valence-electron chi connectivity index (χ4n) is 2.15. The molecule has 0 saturated carbocycles. The highest BCUT2D eigenvalue weighted by atomic mass is 32.2. The van der Waals surface area contributed by atoms with Gasteiger partial charge in [-0.1, -0.05) is 19.1 Å². The average molecular weight is 298 g/mol. The van der Waals surface area contributed by atoms with Crippen molar-refractivity contribution < 1.29 is 4.74 Å². The minimum atomic E-state index is 0.717. The molecule has 0 radical (unpaired) electrons. The molecule has 0 N–H and O–H groups in total. The molecule has 0 amide bonds. The number of nitriles is 1. The van der Waals surface area contributed by atoms with Crippen LogP contribution in [0.2, 0.25) is 0 Å². The molecule has 0 unspecified atom stereocenters. The van der Waals surface area contributed by atoms with E-state index in [0.29, 0.717) is 0 Å². The van der Waals surface area contributed by atoms with E-state index >= 15 is 0 Å². The van der Waals surface area contributed by atoms with Gasteiger partial charge in [-0.2, -0.15) is 5.26 Å². The van der Waals surface area contributed by atoms with E-state index in [0.717, 1.165) is 33.3 Å². The highest BCUT2D eigenvalue weighted by molar-refractivity contribution is 7.99. The zero-order valence-electron chi connectivity index (χ0n) is 12.5. The van der Waals surface area contributed by atoms with E-state index in [1.165, 1.54) is 0 Å². The Hall–Kier alpha value is -2.12. The number of hydrogen-bond acceptors (Lipinski definition) is 4. The fourth-order valence-corrected chi connectivity index (χ4v) is 2.93. The molecule has 2 aromatic carbocycles. The van der Waals surface area contributed by atoms with Crippen LogP contribution >= 0.6 is 11.8 Å². The lowest BCUT2D eigenvalue weighted by Crippen LogP contribution is -2.11. The minimum Gasteiger partial charge on any atom is -0.497 e. The third kappa shape index (κ3) is 3.32. The second-order valence-electron chi connectivity index (χ2n) is 4.46. The lowest BCUT2D eigenvalue weighted by atomic mass is 10.1. The van der Waals surface area contributed by atoms with Crippen molar-refractivity contribution in [1.82, 2.24) is 0 Å². The number of methoxy groups -OCH3 is 1. The Balaban J connectivity index is 2.45. The van der Waals surface area contributed by atoms with Gasteiger partial charge in [0.1, 0.15) is 11.8 Å². The molecule has 0 bridgehead atoms. The van der Waals surface area contributed by atoms with E-state index in [-0.39, 0.29) is 0 Å². The molecule has 2 rings (SSSR count). The Labute approximate surface area is 130 Å². The molecule has 0 aromatic heterocycles. The van der Waals surface area contributed by atoms with Crippen molar-refractivity contribution in [2.45, 2.75) is 11.8 Å². The number of rotatable bonds is 5. The summed E-state index contributed by atoms with van der Waals surface area (Å²) in [7, 11) is 3.61. The normalized spacial score (nSPS) is 10.0. The van der Waals surface area contributed by atoms with Crippen molar-refractivity contribution in [1.29, 1.82) is 5.26 Å². The summed E-state index contributed by atoms with van der Waals surface area (Å²) in [6, 6.07) is 16.1. The zero-order chi connectivity index (χ0) is 15.2. The summed E-state index contributed by atoms with van der Waals surface area (Å²) in [6.45, 7) is 2.09. The van der Waals surface area contributed by atoms with E-state index in [9.17, 15) is 5.26 Å². The highest BCUT2D eigenvalue weighted by Crippen LogP contribution is 2.34. The SMILES string of the molecule is CCSc1cccc(N(C)c2cccc(OC)c2)c1C#N. The predicted octanol–water partition coefficient (Wildman–Crippen LogP) is 4.45. The molecule has 0 heterocycles. The molecule has 0 atom stereocenters. The molecule has 3 nitrogen and oxygen atoms in total. The number of benzene rings is 2. The molecule has 108 valence electrons. The van der Waals surface area contributed by atoms with E-state index in [1.807, 2.05) is 54.4 Å². The minimum absolute atomic E-state index is 0.717. The van der Waals surface area contributed by atoms with Gasteiger partial charge < -0.3 is 9.64 Å². The topological polar surface area (TPSA) is 36.3 Å². The standard InChI is InChI=1S/C17H18N2OS/c1-4-21-17-10-6-9-16(15(17)12-18)19(2)13-7-5-8-14(11-13)20-3/h5-11H,4H2,1-3H3. The second-order valence-corrected chi connectivity index (χ2v) is 5.76. The van der Waals surface area contributed by atoms with Crippen LogP contribution in [0.25, 0.3) is 0 Å². The molecular formula is C17H18N2OS. The molecule has 2 aromatic rings. The van der Waals surface area contributed by atoms with Crippen LogP contribution in [0.3, 0.4) is 0 Å². The van der Waals surface area contributed by atoms with Gasteiger partial charge in [0.05, 0.1) is 18.4 Å². The first kappa shape index (κ1) is 15.3. The van der Waals surface area contributed by atoms with Crippen molar-refractivity contribution >= 4 is 23.1 Å². The van der Waals surface area contributed by atoms with Crippen molar-refractivity contribution in [2.75, 3.05) is 24.8 Å². The summed E-state index contributed by atoms with van der Waals surface area (Å²) < 4.78 is 5.26. The number of nitrogens with zero attached hydrogens (tertiary/aromatic N) is 2. The average Bonchev–Trinajstić information content (AvgIpc) is 2.54. The van der Waals surface area contributed by atoms with E-state index in [2.05, 4.69) is 13.0 Å². The maximum absolute atomic E-state index is 9.51. The van der Waals surface area contributed by atoms with Crippen molar-refractivity contribution in [2.24, 2.45) is 0 Å². The molecule has 21 heavy (non-hydrogen) atoms. The van der Waals surface area contributed by atoms with Crippen LogP contribution in [-0.2, 0) is 0 Å². The van der Waals surface area contributed by atoms with Gasteiger partial charge in [0.15, 0.2) is 0 Å². The Morgan fingerprint density at radius 2 is 2.00 bits per heavy atom. The smallest absolute Gasteiger partial charge is 0.120 e. The van der Waals surface area contributed by atoms with Crippen LogP contribution in [0.15, 0.2) is 47.4 Å². The fraction of sp³-hybridized carbons (Fsp3) is 0.235. The lowest BCUT2D eigenvalue weighted by Gasteiger charge is -2.22. The Bertz CT molecular complexity index is 664. The summed E-state index contributed by atoms with van der Waals surface area (Å²) >= 11 is 1.69. The maximum atomic E-state index is 9.51. The van der Waals surface area contributed by atoms with Crippen LogP contribution < -0.4 is 9.64 Å². The predicted molar refractivity (Wildman–Crippen MR) is 88.6 cm³/mol. The Morgan fingerprint density at radius 3 is 2.67 bits per heavy atom. The summed E-state index contributed by atoms with van der Waals surface area (Å²) in [4.78, 5) is 3.04. The monoisotopic (exact) mass is 298 g/mol. The van der Waals surface area contributed by atoms with Crippen LogP contribution in [0.5, 0.6) is 5.75 Å². The van der Waals surface area contributed by atoms with E-state index < -0.39 is 0 Å². The van der Waals surface area contributed by atoms with Gasteiger partial charge in [0.25, 0.3) is 0 Å². The highest BCUT2D eigenvalue weighted by Gasteiger charge is 2.13. The van der Waals surface area contributed by atoms with Crippen LogP contribution in [0.1, 0.15) is 12.5 Å². The Kier molecular flexibility index (Phi) is 5.13. The summed E-state index contributed by atoms with van der Waals surface area (Å²) in [5, 5.41) is 9.51. The van der Waals surface area contributed by atoms with Crippen LogP contribution in [-0.4, -0.2) is 19.9 Å². The van der Waals surface area contributed by atoms with Crippen molar-refractivity contribution in [3.8, 4) is 11.8 Å².